The van der Waals surface area contributed by atoms with Gasteiger partial charge in [-0.25, -0.2) is 14.9 Å². The minimum Gasteiger partial charge on any atom is -0.357 e. The number of amides is 2. The molecule has 2 aromatic rings. The largest absolute Gasteiger partial charge is 0.357 e. The lowest BCUT2D eigenvalue weighted by atomic mass is 10.1. The van der Waals surface area contributed by atoms with Crippen LogP contribution in [0.25, 0.3) is 0 Å². The fraction of sp³-hybridized carbons (Fsp3) is 0.412. The van der Waals surface area contributed by atoms with Crippen LogP contribution in [0.1, 0.15) is 29.7 Å². The molecule has 1 saturated heterocycles. The van der Waals surface area contributed by atoms with Crippen LogP contribution in [-0.4, -0.2) is 34.3 Å². The van der Waals surface area contributed by atoms with Crippen molar-refractivity contribution in [3.05, 3.63) is 45.5 Å². The number of H-pyrrole nitrogens is 1. The molecular formula is C17H22N6O2. The lowest BCUT2D eigenvalue weighted by Crippen LogP contribution is -2.31. The van der Waals surface area contributed by atoms with Crippen LogP contribution in [0.3, 0.4) is 0 Å². The van der Waals surface area contributed by atoms with Crippen LogP contribution in [0.2, 0.25) is 0 Å². The molecule has 3 N–H and O–H groups in total. The van der Waals surface area contributed by atoms with Crippen molar-refractivity contribution < 1.29 is 4.79 Å². The van der Waals surface area contributed by atoms with Gasteiger partial charge in [0.2, 0.25) is 0 Å². The number of carbonyl (C=O) groups excluding carboxylic acids is 1. The molecule has 0 aliphatic carbocycles. The zero-order valence-electron chi connectivity index (χ0n) is 14.4. The Morgan fingerprint density at radius 2 is 2.04 bits per heavy atom. The van der Waals surface area contributed by atoms with E-state index in [-0.39, 0.29) is 18.1 Å². The van der Waals surface area contributed by atoms with E-state index in [1.165, 1.54) is 12.8 Å². The second-order valence-electron chi connectivity index (χ2n) is 6.15. The molecule has 0 radical (unpaired) electrons. The van der Waals surface area contributed by atoms with E-state index in [2.05, 4.69) is 30.7 Å². The number of pyridine rings is 1. The van der Waals surface area contributed by atoms with E-state index in [0.29, 0.717) is 11.3 Å². The van der Waals surface area contributed by atoms with Gasteiger partial charge in [0.1, 0.15) is 5.82 Å². The van der Waals surface area contributed by atoms with Crippen molar-refractivity contribution in [1.29, 1.82) is 0 Å². The molecule has 0 unspecified atom stereocenters. The molecule has 0 saturated carbocycles. The maximum Gasteiger partial charge on any atom is 0.319 e. The molecule has 1 aliphatic rings. The topological polar surface area (TPSA) is 103 Å². The third-order valence-corrected chi connectivity index (χ3v) is 4.46. The second kappa shape index (κ2) is 7.33. The lowest BCUT2D eigenvalue weighted by molar-refractivity contribution is 0.251. The number of rotatable bonds is 4. The number of aryl methyl sites for hydroxylation is 1. The molecule has 8 heteroatoms. The molecular weight excluding hydrogens is 320 g/mol. The first kappa shape index (κ1) is 16.9. The summed E-state index contributed by atoms with van der Waals surface area (Å²) in [5.41, 5.74) is 2.33. The average molecular weight is 342 g/mol. The number of carbonyl (C=O) groups is 1. The van der Waals surface area contributed by atoms with E-state index >= 15 is 0 Å². The Kier molecular flexibility index (Phi) is 4.97. The highest BCUT2D eigenvalue weighted by Crippen LogP contribution is 2.18. The minimum atomic E-state index is -0.385. The van der Waals surface area contributed by atoms with Crippen molar-refractivity contribution in [3.8, 4) is 0 Å². The van der Waals surface area contributed by atoms with Crippen LogP contribution >= 0.6 is 0 Å². The number of nitrogens with zero attached hydrogens (tertiary/aromatic N) is 3. The standard InChI is InChI=1S/C17H22N6O2/c1-11-12(2)21-22-16(24)14(11)10-19-17(25)20-13-5-6-15(18-9-13)23-7-3-4-8-23/h5-6,9H,3-4,7-8,10H2,1-2H3,(H,22,24)(H2,19,20,25). The van der Waals surface area contributed by atoms with Gasteiger partial charge in [0.25, 0.3) is 5.56 Å². The third kappa shape index (κ3) is 3.96. The highest BCUT2D eigenvalue weighted by atomic mass is 16.2. The Labute approximate surface area is 145 Å². The summed E-state index contributed by atoms with van der Waals surface area (Å²) in [5, 5.41) is 11.7. The number of hydrogen-bond donors (Lipinski definition) is 3. The van der Waals surface area contributed by atoms with Gasteiger partial charge in [0, 0.05) is 18.7 Å². The fourth-order valence-corrected chi connectivity index (χ4v) is 2.82. The molecule has 132 valence electrons. The summed E-state index contributed by atoms with van der Waals surface area (Å²) in [7, 11) is 0. The van der Waals surface area contributed by atoms with Gasteiger partial charge in [0.15, 0.2) is 0 Å². The normalized spacial score (nSPS) is 13.8. The molecule has 2 aromatic heterocycles. The lowest BCUT2D eigenvalue weighted by Gasteiger charge is -2.16. The molecule has 3 rings (SSSR count). The Morgan fingerprint density at radius 3 is 2.72 bits per heavy atom. The van der Waals surface area contributed by atoms with Crippen molar-refractivity contribution in [1.82, 2.24) is 20.5 Å². The third-order valence-electron chi connectivity index (χ3n) is 4.46. The van der Waals surface area contributed by atoms with Gasteiger partial charge in [-0.3, -0.25) is 4.79 Å². The van der Waals surface area contributed by atoms with Crippen molar-refractivity contribution >= 4 is 17.5 Å². The number of urea groups is 1. The maximum atomic E-state index is 12.0. The summed E-state index contributed by atoms with van der Waals surface area (Å²) >= 11 is 0. The molecule has 3 heterocycles. The predicted molar refractivity (Wildman–Crippen MR) is 95.9 cm³/mol. The minimum absolute atomic E-state index is 0.135. The van der Waals surface area contributed by atoms with E-state index in [1.807, 2.05) is 26.0 Å². The highest BCUT2D eigenvalue weighted by Gasteiger charge is 2.13. The van der Waals surface area contributed by atoms with Crippen LogP contribution in [0.5, 0.6) is 0 Å². The Balaban J connectivity index is 1.58. The number of nitrogens with one attached hydrogen (secondary N) is 3. The zero-order chi connectivity index (χ0) is 17.8. The van der Waals surface area contributed by atoms with E-state index in [0.717, 1.165) is 30.2 Å². The maximum absolute atomic E-state index is 12.0. The van der Waals surface area contributed by atoms with Crippen LogP contribution in [0, 0.1) is 13.8 Å². The quantitative estimate of drug-likeness (QED) is 0.785. The van der Waals surface area contributed by atoms with Gasteiger partial charge in [-0.2, -0.15) is 5.10 Å². The Hall–Kier alpha value is -2.90. The van der Waals surface area contributed by atoms with Crippen LogP contribution in [0.4, 0.5) is 16.3 Å². The van der Waals surface area contributed by atoms with E-state index in [9.17, 15) is 9.59 Å². The summed E-state index contributed by atoms with van der Waals surface area (Å²) in [5.74, 6) is 0.929. The zero-order valence-corrected chi connectivity index (χ0v) is 14.4. The summed E-state index contributed by atoms with van der Waals surface area (Å²) < 4.78 is 0. The first-order chi connectivity index (χ1) is 12.0. The molecule has 25 heavy (non-hydrogen) atoms. The highest BCUT2D eigenvalue weighted by molar-refractivity contribution is 5.89. The summed E-state index contributed by atoms with van der Waals surface area (Å²) in [6.45, 7) is 5.81. The molecule has 1 aliphatic heterocycles. The van der Waals surface area contributed by atoms with E-state index in [1.54, 1.807) is 6.20 Å². The molecule has 0 aromatic carbocycles. The van der Waals surface area contributed by atoms with Crippen molar-refractivity contribution in [2.75, 3.05) is 23.3 Å². The monoisotopic (exact) mass is 342 g/mol. The summed E-state index contributed by atoms with van der Waals surface area (Å²) in [6.07, 6.45) is 4.02. The average Bonchev–Trinajstić information content (AvgIpc) is 3.13. The van der Waals surface area contributed by atoms with Crippen molar-refractivity contribution in [2.24, 2.45) is 0 Å². The molecule has 8 nitrogen and oxygen atoms in total. The smallest absolute Gasteiger partial charge is 0.319 e. The van der Waals surface area contributed by atoms with E-state index in [4.69, 9.17) is 0 Å². The number of hydrogen-bond acceptors (Lipinski definition) is 5. The van der Waals surface area contributed by atoms with Gasteiger partial charge >= 0.3 is 6.03 Å². The number of aromatic amines is 1. The molecule has 1 fully saturated rings. The summed E-state index contributed by atoms with van der Waals surface area (Å²) in [4.78, 5) is 30.5. The first-order valence-electron chi connectivity index (χ1n) is 8.35. The predicted octanol–water partition coefficient (Wildman–Crippen LogP) is 1.70. The molecule has 0 spiro atoms. The van der Waals surface area contributed by atoms with Crippen LogP contribution in [0.15, 0.2) is 23.1 Å². The SMILES string of the molecule is Cc1n[nH]c(=O)c(CNC(=O)Nc2ccc(N3CCCC3)nc2)c1C. The Morgan fingerprint density at radius 1 is 1.28 bits per heavy atom. The van der Waals surface area contributed by atoms with Gasteiger partial charge in [0.05, 0.1) is 24.1 Å². The van der Waals surface area contributed by atoms with Crippen molar-refractivity contribution in [2.45, 2.75) is 33.2 Å². The Bertz CT molecular complexity index is 809. The number of anilines is 2. The molecule has 0 atom stereocenters. The van der Waals surface area contributed by atoms with Gasteiger partial charge in [-0.1, -0.05) is 0 Å². The second-order valence-corrected chi connectivity index (χ2v) is 6.15. The number of aromatic nitrogens is 3. The molecule has 2 amide bonds. The van der Waals surface area contributed by atoms with Gasteiger partial charge in [-0.15, -0.1) is 0 Å². The van der Waals surface area contributed by atoms with Crippen molar-refractivity contribution in [3.63, 3.8) is 0 Å². The van der Waals surface area contributed by atoms with Crippen LogP contribution in [-0.2, 0) is 6.54 Å². The fourth-order valence-electron chi connectivity index (χ4n) is 2.82. The van der Waals surface area contributed by atoms with E-state index < -0.39 is 0 Å². The van der Waals surface area contributed by atoms with Gasteiger partial charge < -0.3 is 15.5 Å². The van der Waals surface area contributed by atoms with Gasteiger partial charge in [-0.05, 0) is 44.4 Å². The molecule has 0 bridgehead atoms. The summed E-state index contributed by atoms with van der Waals surface area (Å²) in [6, 6.07) is 3.35. The van der Waals surface area contributed by atoms with Crippen LogP contribution < -0.4 is 21.1 Å². The first-order valence-corrected chi connectivity index (χ1v) is 8.35.